The van der Waals surface area contributed by atoms with Gasteiger partial charge in [0.05, 0.1) is 30.4 Å². The highest BCUT2D eigenvalue weighted by atomic mass is 16.4. The molecule has 5 heteroatoms. The lowest BCUT2D eigenvalue weighted by molar-refractivity contribution is 0.130. The molecule has 2 heterocycles. The van der Waals surface area contributed by atoms with Crippen molar-refractivity contribution in [2.24, 2.45) is 0 Å². The van der Waals surface area contributed by atoms with E-state index in [1.54, 1.807) is 18.4 Å². The lowest BCUT2D eigenvalue weighted by Gasteiger charge is -2.10. The largest absolute Gasteiger partial charge is 0.467 e. The Kier molecular flexibility index (Phi) is 3.99. The number of hydrogen-bond acceptors (Lipinski definition) is 3. The van der Waals surface area contributed by atoms with E-state index in [1.807, 2.05) is 51.6 Å². The predicted molar refractivity (Wildman–Crippen MR) is 95.0 cm³/mol. The second-order valence-corrected chi connectivity index (χ2v) is 6.03. The maximum absolute atomic E-state index is 10.4. The number of fused-ring (bicyclic) bond motifs is 1. The van der Waals surface area contributed by atoms with E-state index in [4.69, 9.17) is 9.83 Å². The number of nitrogens with one attached hydrogen (secondary N) is 1. The van der Waals surface area contributed by atoms with Crippen LogP contribution in [0.25, 0.3) is 11.0 Å². The Morgan fingerprint density at radius 1 is 0.880 bits per heavy atom. The lowest BCUT2D eigenvalue weighted by atomic mass is 10.2. The first-order valence-electron chi connectivity index (χ1n) is 8.22. The molecule has 25 heavy (non-hydrogen) atoms. The number of aliphatic hydroxyl groups is 1. The molecule has 1 atom stereocenters. The highest BCUT2D eigenvalue weighted by molar-refractivity contribution is 5.76. The summed E-state index contributed by atoms with van der Waals surface area (Å²) in [5.41, 5.74) is 3.39. The Labute approximate surface area is 144 Å². The zero-order valence-corrected chi connectivity index (χ0v) is 13.7. The van der Waals surface area contributed by atoms with Crippen LogP contribution in [0.2, 0.25) is 0 Å². The van der Waals surface area contributed by atoms with E-state index >= 15 is 0 Å². The summed E-state index contributed by atoms with van der Waals surface area (Å²) in [6.07, 6.45) is 0.754. The molecular formula is C20H19N3O2. The number of benzene rings is 2. The van der Waals surface area contributed by atoms with Crippen LogP contribution < -0.4 is 5.62 Å². The quantitative estimate of drug-likeness (QED) is 0.588. The molecule has 0 radical (unpaired) electrons. The van der Waals surface area contributed by atoms with Crippen LogP contribution in [-0.4, -0.2) is 14.2 Å². The second-order valence-electron chi connectivity index (χ2n) is 6.03. The van der Waals surface area contributed by atoms with Crippen LogP contribution in [0.3, 0.4) is 0 Å². The van der Waals surface area contributed by atoms with Crippen LogP contribution in [0.15, 0.2) is 77.4 Å². The van der Waals surface area contributed by atoms with Crippen LogP contribution in [0.5, 0.6) is 0 Å². The Balaban J connectivity index is 1.77. The van der Waals surface area contributed by atoms with Crippen molar-refractivity contribution in [3.05, 3.63) is 89.9 Å². The molecule has 0 unspecified atom stereocenters. The molecule has 126 valence electrons. The summed E-state index contributed by atoms with van der Waals surface area (Å²) in [5.74, 6) is 0.506. The van der Waals surface area contributed by atoms with Crippen LogP contribution in [-0.2, 0) is 13.1 Å². The standard InChI is InChI=1S/C20H19N3O2/c21-20-22(13-15-7-2-1-3-8-15)16-9-4-5-10-17(16)23(20)14-18(24)19-11-6-12-25-19/h1-12,18,21,24H,13-14H2/t18-/m0/s1. The summed E-state index contributed by atoms with van der Waals surface area (Å²) in [6, 6.07) is 21.5. The van der Waals surface area contributed by atoms with E-state index in [0.29, 0.717) is 17.9 Å². The minimum absolute atomic E-state index is 0.272. The number of para-hydroxylation sites is 2. The van der Waals surface area contributed by atoms with Crippen molar-refractivity contribution in [2.45, 2.75) is 19.2 Å². The average Bonchev–Trinajstić information content (AvgIpc) is 3.26. The van der Waals surface area contributed by atoms with Gasteiger partial charge in [-0.3, -0.25) is 5.41 Å². The Bertz CT molecular complexity index is 1030. The van der Waals surface area contributed by atoms with Gasteiger partial charge in [0.25, 0.3) is 0 Å². The molecule has 2 aromatic carbocycles. The number of imidazole rings is 1. The zero-order chi connectivity index (χ0) is 17.2. The molecule has 0 aliphatic carbocycles. The molecule has 0 bridgehead atoms. The number of aliphatic hydroxyl groups excluding tert-OH is 1. The topological polar surface area (TPSA) is 67.1 Å². The molecule has 0 aliphatic rings. The van der Waals surface area contributed by atoms with Gasteiger partial charge in [-0.15, -0.1) is 0 Å². The minimum Gasteiger partial charge on any atom is -0.467 e. The van der Waals surface area contributed by atoms with Gasteiger partial charge in [0, 0.05) is 0 Å². The van der Waals surface area contributed by atoms with Gasteiger partial charge in [-0.2, -0.15) is 0 Å². The molecule has 4 aromatic rings. The average molecular weight is 333 g/mol. The first-order chi connectivity index (χ1) is 12.2. The molecule has 0 aliphatic heterocycles. The Morgan fingerprint density at radius 3 is 2.24 bits per heavy atom. The van der Waals surface area contributed by atoms with Crippen LogP contribution in [0, 0.1) is 5.41 Å². The minimum atomic E-state index is -0.792. The normalized spacial score (nSPS) is 12.5. The number of nitrogens with zero attached hydrogens (tertiary/aromatic N) is 2. The van der Waals surface area contributed by atoms with Gasteiger partial charge in [-0.25, -0.2) is 0 Å². The molecule has 2 aromatic heterocycles. The zero-order valence-electron chi connectivity index (χ0n) is 13.7. The van der Waals surface area contributed by atoms with Crippen molar-refractivity contribution in [1.82, 2.24) is 9.13 Å². The molecule has 0 amide bonds. The van der Waals surface area contributed by atoms with Gasteiger partial charge in [0.2, 0.25) is 5.62 Å². The third-order valence-electron chi connectivity index (χ3n) is 4.39. The molecular weight excluding hydrogens is 314 g/mol. The van der Waals surface area contributed by atoms with Crippen molar-refractivity contribution in [1.29, 1.82) is 5.41 Å². The van der Waals surface area contributed by atoms with Crippen molar-refractivity contribution in [2.75, 3.05) is 0 Å². The molecule has 0 saturated heterocycles. The fourth-order valence-electron chi connectivity index (χ4n) is 3.15. The lowest BCUT2D eigenvalue weighted by Crippen LogP contribution is -2.27. The van der Waals surface area contributed by atoms with Crippen LogP contribution in [0.4, 0.5) is 0 Å². The van der Waals surface area contributed by atoms with Crippen molar-refractivity contribution >= 4 is 11.0 Å². The van der Waals surface area contributed by atoms with Crippen molar-refractivity contribution in [3.8, 4) is 0 Å². The van der Waals surface area contributed by atoms with E-state index < -0.39 is 6.10 Å². The number of furan rings is 1. The first kappa shape index (κ1) is 15.5. The summed E-state index contributed by atoms with van der Waals surface area (Å²) in [6.45, 7) is 0.888. The summed E-state index contributed by atoms with van der Waals surface area (Å²) in [5, 5.41) is 19.1. The van der Waals surface area contributed by atoms with Crippen LogP contribution >= 0.6 is 0 Å². The molecule has 0 saturated carbocycles. The highest BCUT2D eigenvalue weighted by Gasteiger charge is 2.16. The van der Waals surface area contributed by atoms with E-state index in [0.717, 1.165) is 16.6 Å². The maximum atomic E-state index is 10.4. The van der Waals surface area contributed by atoms with E-state index in [9.17, 15) is 5.11 Å². The van der Waals surface area contributed by atoms with E-state index in [-0.39, 0.29) is 6.54 Å². The molecule has 4 rings (SSSR count). The number of aromatic nitrogens is 2. The molecule has 0 fully saturated rings. The Morgan fingerprint density at radius 2 is 1.56 bits per heavy atom. The summed E-state index contributed by atoms with van der Waals surface area (Å²) in [4.78, 5) is 0. The maximum Gasteiger partial charge on any atom is 0.203 e. The van der Waals surface area contributed by atoms with E-state index in [2.05, 4.69) is 12.1 Å². The Hall–Kier alpha value is -3.05. The monoisotopic (exact) mass is 333 g/mol. The van der Waals surface area contributed by atoms with Gasteiger partial charge in [-0.05, 0) is 29.8 Å². The van der Waals surface area contributed by atoms with Gasteiger partial charge >= 0.3 is 0 Å². The first-order valence-corrected chi connectivity index (χ1v) is 8.22. The van der Waals surface area contributed by atoms with Crippen LogP contribution in [0.1, 0.15) is 17.4 Å². The fourth-order valence-corrected chi connectivity index (χ4v) is 3.15. The summed E-state index contributed by atoms with van der Waals surface area (Å²) < 4.78 is 9.07. The van der Waals surface area contributed by atoms with E-state index in [1.165, 1.54) is 0 Å². The fraction of sp³-hybridized carbons (Fsp3) is 0.150. The van der Waals surface area contributed by atoms with Crippen molar-refractivity contribution < 1.29 is 9.52 Å². The molecule has 2 N–H and O–H groups in total. The number of rotatable bonds is 5. The highest BCUT2D eigenvalue weighted by Crippen LogP contribution is 2.19. The molecule has 0 spiro atoms. The van der Waals surface area contributed by atoms with Gasteiger partial charge in [0.1, 0.15) is 11.9 Å². The van der Waals surface area contributed by atoms with Crippen molar-refractivity contribution in [3.63, 3.8) is 0 Å². The molecule has 5 nitrogen and oxygen atoms in total. The predicted octanol–water partition coefficient (Wildman–Crippen LogP) is 3.30. The smallest absolute Gasteiger partial charge is 0.203 e. The SMILES string of the molecule is N=c1n(Cc2ccccc2)c2ccccc2n1C[C@H](O)c1ccco1. The summed E-state index contributed by atoms with van der Waals surface area (Å²) >= 11 is 0. The summed E-state index contributed by atoms with van der Waals surface area (Å²) in [7, 11) is 0. The van der Waals surface area contributed by atoms with Gasteiger partial charge in [0.15, 0.2) is 0 Å². The third kappa shape index (κ3) is 2.90. The second kappa shape index (κ2) is 6.45. The van der Waals surface area contributed by atoms with Gasteiger partial charge < -0.3 is 18.7 Å². The third-order valence-corrected chi connectivity index (χ3v) is 4.39. The van der Waals surface area contributed by atoms with Gasteiger partial charge in [-0.1, -0.05) is 42.5 Å². The number of hydrogen-bond donors (Lipinski definition) is 2.